The van der Waals surface area contributed by atoms with Crippen LogP contribution in [0.1, 0.15) is 25.0 Å². The van der Waals surface area contributed by atoms with Gasteiger partial charge in [0.2, 0.25) is 5.91 Å². The van der Waals surface area contributed by atoms with Crippen molar-refractivity contribution in [3.63, 3.8) is 0 Å². The maximum absolute atomic E-state index is 11.9. The Hall–Kier alpha value is -1.88. The highest BCUT2D eigenvalue weighted by atomic mass is 16.3. The van der Waals surface area contributed by atoms with E-state index < -0.39 is 0 Å². The molecule has 3 rings (SSSR count). The summed E-state index contributed by atoms with van der Waals surface area (Å²) in [6.45, 7) is 3.31. The molecule has 21 heavy (non-hydrogen) atoms. The molecule has 5 heteroatoms. The van der Waals surface area contributed by atoms with E-state index in [-0.39, 0.29) is 17.9 Å². The quantitative estimate of drug-likeness (QED) is 0.848. The van der Waals surface area contributed by atoms with E-state index in [2.05, 4.69) is 10.4 Å². The summed E-state index contributed by atoms with van der Waals surface area (Å²) in [7, 11) is 0. The number of fused-ring (bicyclic) bond motifs is 1. The number of aliphatic hydroxyl groups excluding tert-OH is 1. The first kappa shape index (κ1) is 14.1. The lowest BCUT2D eigenvalue weighted by Crippen LogP contribution is -2.32. The zero-order chi connectivity index (χ0) is 14.9. The minimum Gasteiger partial charge on any atom is -0.396 e. The monoisotopic (exact) mass is 287 g/mol. The highest BCUT2D eigenvalue weighted by Crippen LogP contribution is 2.44. The number of aromatic nitrogens is 2. The molecule has 0 spiro atoms. The van der Waals surface area contributed by atoms with Gasteiger partial charge in [-0.3, -0.25) is 9.48 Å². The average molecular weight is 287 g/mol. The molecule has 0 bridgehead atoms. The van der Waals surface area contributed by atoms with E-state index in [4.69, 9.17) is 0 Å². The van der Waals surface area contributed by atoms with Crippen LogP contribution >= 0.6 is 0 Å². The van der Waals surface area contributed by atoms with Crippen molar-refractivity contribution in [3.8, 4) is 0 Å². The molecule has 0 unspecified atom stereocenters. The summed E-state index contributed by atoms with van der Waals surface area (Å²) in [6, 6.07) is 8.06. The fourth-order valence-electron chi connectivity index (χ4n) is 2.61. The van der Waals surface area contributed by atoms with Crippen molar-refractivity contribution in [1.82, 2.24) is 15.1 Å². The van der Waals surface area contributed by atoms with Crippen LogP contribution in [0.3, 0.4) is 0 Å². The van der Waals surface area contributed by atoms with Gasteiger partial charge in [-0.2, -0.15) is 5.10 Å². The van der Waals surface area contributed by atoms with Gasteiger partial charge < -0.3 is 10.4 Å². The third-order valence-corrected chi connectivity index (χ3v) is 4.35. The van der Waals surface area contributed by atoms with Crippen LogP contribution in [-0.4, -0.2) is 33.9 Å². The van der Waals surface area contributed by atoms with Crippen LogP contribution in [0.15, 0.2) is 24.3 Å². The summed E-state index contributed by atoms with van der Waals surface area (Å²) in [4.78, 5) is 11.9. The number of benzene rings is 1. The fourth-order valence-corrected chi connectivity index (χ4v) is 2.61. The van der Waals surface area contributed by atoms with E-state index in [9.17, 15) is 9.90 Å². The SMILES string of the molecule is Cc1nn(CCC(=O)NCC2(CO)CC2)c2ccccc12. The number of hydrogen-bond donors (Lipinski definition) is 2. The molecule has 1 heterocycles. The second-order valence-electron chi connectivity index (χ2n) is 6.01. The Morgan fingerprint density at radius 2 is 2.19 bits per heavy atom. The number of rotatable bonds is 6. The van der Waals surface area contributed by atoms with Crippen LogP contribution in [0.2, 0.25) is 0 Å². The largest absolute Gasteiger partial charge is 0.396 e. The molecular weight excluding hydrogens is 266 g/mol. The number of aryl methyl sites for hydroxylation is 2. The summed E-state index contributed by atoms with van der Waals surface area (Å²) >= 11 is 0. The van der Waals surface area contributed by atoms with Crippen molar-refractivity contribution >= 4 is 16.8 Å². The van der Waals surface area contributed by atoms with Crippen molar-refractivity contribution in [2.75, 3.05) is 13.2 Å². The van der Waals surface area contributed by atoms with Crippen LogP contribution in [0, 0.1) is 12.3 Å². The van der Waals surface area contributed by atoms with E-state index >= 15 is 0 Å². The van der Waals surface area contributed by atoms with Crippen molar-refractivity contribution in [3.05, 3.63) is 30.0 Å². The first-order chi connectivity index (χ1) is 10.1. The first-order valence-corrected chi connectivity index (χ1v) is 7.43. The smallest absolute Gasteiger partial charge is 0.221 e. The van der Waals surface area contributed by atoms with Gasteiger partial charge in [0.15, 0.2) is 0 Å². The maximum Gasteiger partial charge on any atom is 0.221 e. The predicted octanol–water partition coefficient (Wildman–Crippen LogP) is 1.62. The van der Waals surface area contributed by atoms with Gasteiger partial charge in [-0.1, -0.05) is 18.2 Å². The number of nitrogens with one attached hydrogen (secondary N) is 1. The van der Waals surface area contributed by atoms with Crippen LogP contribution < -0.4 is 5.32 Å². The lowest BCUT2D eigenvalue weighted by Gasteiger charge is -2.12. The summed E-state index contributed by atoms with van der Waals surface area (Å²) in [6.07, 6.45) is 2.42. The number of nitrogens with zero attached hydrogens (tertiary/aromatic N) is 2. The number of amides is 1. The van der Waals surface area contributed by atoms with Gasteiger partial charge in [-0.15, -0.1) is 0 Å². The molecule has 0 aliphatic heterocycles. The van der Waals surface area contributed by atoms with Crippen LogP contribution in [-0.2, 0) is 11.3 Å². The Kier molecular flexibility index (Phi) is 3.68. The minimum absolute atomic E-state index is 0.0203. The fraction of sp³-hybridized carbons (Fsp3) is 0.500. The van der Waals surface area contributed by atoms with Crippen molar-refractivity contribution in [2.24, 2.45) is 5.41 Å². The lowest BCUT2D eigenvalue weighted by atomic mass is 10.1. The summed E-state index contributed by atoms with van der Waals surface area (Å²) in [5.74, 6) is 0.0203. The van der Waals surface area contributed by atoms with E-state index in [0.29, 0.717) is 19.5 Å². The van der Waals surface area contributed by atoms with E-state index in [1.165, 1.54) is 0 Å². The van der Waals surface area contributed by atoms with Gasteiger partial charge in [0.25, 0.3) is 0 Å². The molecular formula is C16H21N3O2. The van der Waals surface area contributed by atoms with Gasteiger partial charge in [-0.05, 0) is 25.8 Å². The predicted molar refractivity (Wildman–Crippen MR) is 80.8 cm³/mol. The van der Waals surface area contributed by atoms with E-state index in [0.717, 1.165) is 29.4 Å². The van der Waals surface area contributed by atoms with Crippen LogP contribution in [0.5, 0.6) is 0 Å². The number of carbonyl (C=O) groups excluding carboxylic acids is 1. The number of hydrogen-bond acceptors (Lipinski definition) is 3. The lowest BCUT2D eigenvalue weighted by molar-refractivity contribution is -0.121. The summed E-state index contributed by atoms with van der Waals surface area (Å²) < 4.78 is 1.89. The molecule has 2 N–H and O–H groups in total. The Bertz CT molecular complexity index is 659. The second-order valence-corrected chi connectivity index (χ2v) is 6.01. The topological polar surface area (TPSA) is 67.2 Å². The van der Waals surface area contributed by atoms with Gasteiger partial charge >= 0.3 is 0 Å². The van der Waals surface area contributed by atoms with Crippen molar-refractivity contribution in [2.45, 2.75) is 32.7 Å². The molecule has 1 saturated carbocycles. The third-order valence-electron chi connectivity index (χ3n) is 4.35. The number of aliphatic hydroxyl groups is 1. The Morgan fingerprint density at radius 1 is 1.43 bits per heavy atom. The number of para-hydroxylation sites is 1. The minimum atomic E-state index is -0.0371. The van der Waals surface area contributed by atoms with Gasteiger partial charge in [0.1, 0.15) is 0 Å². The van der Waals surface area contributed by atoms with Gasteiger partial charge in [0.05, 0.1) is 24.4 Å². The number of carbonyl (C=O) groups is 1. The molecule has 1 aromatic heterocycles. The van der Waals surface area contributed by atoms with E-state index in [1.807, 2.05) is 35.9 Å². The summed E-state index contributed by atoms with van der Waals surface area (Å²) in [5, 5.41) is 17.8. The molecule has 5 nitrogen and oxygen atoms in total. The Morgan fingerprint density at radius 3 is 2.90 bits per heavy atom. The standard InChI is InChI=1S/C16H21N3O2/c1-12-13-4-2-3-5-14(13)19(18-12)9-6-15(21)17-10-16(11-20)7-8-16/h2-5,20H,6-11H2,1H3,(H,17,21). The summed E-state index contributed by atoms with van der Waals surface area (Å²) in [5.41, 5.74) is 2.02. The molecule has 2 aromatic rings. The first-order valence-electron chi connectivity index (χ1n) is 7.43. The highest BCUT2D eigenvalue weighted by molar-refractivity contribution is 5.82. The molecule has 112 valence electrons. The molecule has 0 saturated heterocycles. The van der Waals surface area contributed by atoms with Crippen molar-refractivity contribution < 1.29 is 9.90 Å². The highest BCUT2D eigenvalue weighted by Gasteiger charge is 2.41. The molecule has 1 aliphatic rings. The third kappa shape index (κ3) is 2.93. The Balaban J connectivity index is 1.57. The normalized spacial score (nSPS) is 16.1. The average Bonchev–Trinajstić information content (AvgIpc) is 3.23. The molecule has 0 radical (unpaired) electrons. The molecule has 1 aliphatic carbocycles. The van der Waals surface area contributed by atoms with Crippen LogP contribution in [0.4, 0.5) is 0 Å². The van der Waals surface area contributed by atoms with Crippen LogP contribution in [0.25, 0.3) is 10.9 Å². The molecule has 1 aromatic carbocycles. The molecule has 1 fully saturated rings. The molecule has 0 atom stereocenters. The van der Waals surface area contributed by atoms with Gasteiger partial charge in [-0.25, -0.2) is 0 Å². The van der Waals surface area contributed by atoms with Gasteiger partial charge in [0, 0.05) is 23.8 Å². The second kappa shape index (κ2) is 5.48. The molecule has 1 amide bonds. The zero-order valence-corrected chi connectivity index (χ0v) is 12.3. The maximum atomic E-state index is 11.9. The van der Waals surface area contributed by atoms with Crippen molar-refractivity contribution in [1.29, 1.82) is 0 Å². The van der Waals surface area contributed by atoms with E-state index in [1.54, 1.807) is 0 Å². The zero-order valence-electron chi connectivity index (χ0n) is 12.3. The Labute approximate surface area is 124 Å².